The number of likely N-dealkylation sites (N-methyl/N-ethyl adjacent to an activating group) is 1. The van der Waals surface area contributed by atoms with Crippen molar-refractivity contribution in [1.29, 1.82) is 0 Å². The number of ether oxygens (including phenoxy) is 1. The number of phosphoric ester groups is 1. The number of carbonyl (C=O) groups excluding carboxylic acids is 2. The Morgan fingerprint density at radius 3 is 1.41 bits per heavy atom. The highest BCUT2D eigenvalue weighted by atomic mass is 31.2. The van der Waals surface area contributed by atoms with Gasteiger partial charge in [-0.15, -0.1) is 0 Å². The van der Waals surface area contributed by atoms with Gasteiger partial charge in [-0.25, -0.2) is 0 Å². The molecule has 1 N–H and O–H groups in total. The lowest BCUT2D eigenvalue weighted by molar-refractivity contribution is -0.870. The van der Waals surface area contributed by atoms with E-state index in [9.17, 15) is 19.0 Å². The average Bonchev–Trinajstić information content (AvgIpc) is 3.23. The van der Waals surface area contributed by atoms with Gasteiger partial charge in [-0.3, -0.25) is 14.2 Å². The van der Waals surface area contributed by atoms with Gasteiger partial charge >= 0.3 is 5.97 Å². The molecule has 0 radical (unpaired) electrons. The third-order valence-electron chi connectivity index (χ3n) is 11.5. The molecular formula is C53H101N2O7P. The SMILES string of the molecule is CCCC/C=C\CCCCCCCC(=O)OC(/C=C\CCCCCCCCCCC)C(COP(=O)([O-])OCC[N+](C)(C)C)NC(=O)CCCCCCCCC/C=C\CCCCCC. The van der Waals surface area contributed by atoms with Crippen molar-refractivity contribution in [2.45, 2.75) is 251 Å². The van der Waals surface area contributed by atoms with E-state index in [2.05, 4.69) is 50.4 Å². The van der Waals surface area contributed by atoms with E-state index in [0.29, 0.717) is 17.4 Å². The van der Waals surface area contributed by atoms with Gasteiger partial charge in [-0.1, -0.05) is 186 Å². The Balaban J connectivity index is 5.40. The minimum Gasteiger partial charge on any atom is -0.756 e. The van der Waals surface area contributed by atoms with Crippen molar-refractivity contribution in [3.8, 4) is 0 Å². The summed E-state index contributed by atoms with van der Waals surface area (Å²) in [4.78, 5) is 39.6. The first-order valence-corrected chi connectivity index (χ1v) is 27.8. The zero-order chi connectivity index (χ0) is 46.5. The molecule has 0 bridgehead atoms. The molecule has 3 unspecified atom stereocenters. The summed E-state index contributed by atoms with van der Waals surface area (Å²) in [6.07, 6.45) is 49.6. The summed E-state index contributed by atoms with van der Waals surface area (Å²) in [5.41, 5.74) is 0. The number of unbranched alkanes of at least 4 members (excludes halogenated alkanes) is 27. The topological polar surface area (TPSA) is 114 Å². The van der Waals surface area contributed by atoms with Crippen molar-refractivity contribution in [1.82, 2.24) is 5.32 Å². The molecule has 1 amide bonds. The molecule has 0 heterocycles. The van der Waals surface area contributed by atoms with Crippen LogP contribution in [0, 0.1) is 0 Å². The van der Waals surface area contributed by atoms with Crippen molar-refractivity contribution in [3.63, 3.8) is 0 Å². The van der Waals surface area contributed by atoms with Crippen LogP contribution in [-0.2, 0) is 27.9 Å². The van der Waals surface area contributed by atoms with Crippen molar-refractivity contribution in [2.24, 2.45) is 0 Å². The Kier molecular flexibility index (Phi) is 42.8. The van der Waals surface area contributed by atoms with Crippen LogP contribution in [0.1, 0.15) is 239 Å². The summed E-state index contributed by atoms with van der Waals surface area (Å²) < 4.78 is 30.1. The number of hydrogen-bond acceptors (Lipinski definition) is 7. The van der Waals surface area contributed by atoms with Gasteiger partial charge < -0.3 is 28.5 Å². The van der Waals surface area contributed by atoms with E-state index in [0.717, 1.165) is 96.3 Å². The van der Waals surface area contributed by atoms with Gasteiger partial charge in [0.1, 0.15) is 19.3 Å². The minimum atomic E-state index is -4.69. The molecule has 0 saturated carbocycles. The highest BCUT2D eigenvalue weighted by Crippen LogP contribution is 2.38. The smallest absolute Gasteiger partial charge is 0.306 e. The van der Waals surface area contributed by atoms with Crippen LogP contribution in [0.5, 0.6) is 0 Å². The number of amides is 1. The lowest BCUT2D eigenvalue weighted by Gasteiger charge is -2.30. The van der Waals surface area contributed by atoms with Crippen LogP contribution in [-0.4, -0.2) is 69.4 Å². The number of allylic oxidation sites excluding steroid dienone is 5. The second kappa shape index (κ2) is 44.1. The maximum Gasteiger partial charge on any atom is 0.306 e. The number of nitrogens with zero attached hydrogens (tertiary/aromatic N) is 1. The van der Waals surface area contributed by atoms with Gasteiger partial charge in [0.25, 0.3) is 7.82 Å². The molecule has 0 spiro atoms. The molecule has 0 saturated heterocycles. The molecule has 9 nitrogen and oxygen atoms in total. The molecule has 0 aliphatic carbocycles. The molecule has 0 aliphatic heterocycles. The van der Waals surface area contributed by atoms with Crippen LogP contribution >= 0.6 is 7.82 Å². The van der Waals surface area contributed by atoms with Crippen LogP contribution < -0.4 is 10.2 Å². The normalized spacial score (nSPS) is 14.2. The minimum absolute atomic E-state index is 0.0235. The van der Waals surface area contributed by atoms with Crippen molar-refractivity contribution in [3.05, 3.63) is 36.5 Å². The third kappa shape index (κ3) is 45.2. The lowest BCUT2D eigenvalue weighted by Crippen LogP contribution is -2.47. The quantitative estimate of drug-likeness (QED) is 0.0213. The first-order chi connectivity index (χ1) is 30.4. The van der Waals surface area contributed by atoms with Crippen molar-refractivity contribution >= 4 is 19.7 Å². The van der Waals surface area contributed by atoms with E-state index in [1.54, 1.807) is 0 Å². The monoisotopic (exact) mass is 909 g/mol. The zero-order valence-electron chi connectivity index (χ0n) is 42.0. The Morgan fingerprint density at radius 2 is 0.937 bits per heavy atom. The molecule has 10 heteroatoms. The summed E-state index contributed by atoms with van der Waals surface area (Å²) in [6.45, 7) is 6.77. The third-order valence-corrected chi connectivity index (χ3v) is 12.5. The van der Waals surface area contributed by atoms with Gasteiger partial charge in [0.15, 0.2) is 0 Å². The van der Waals surface area contributed by atoms with Gasteiger partial charge in [0.05, 0.1) is 33.8 Å². The van der Waals surface area contributed by atoms with Gasteiger partial charge in [-0.05, 0) is 76.7 Å². The zero-order valence-corrected chi connectivity index (χ0v) is 42.9. The van der Waals surface area contributed by atoms with E-state index in [1.165, 1.54) is 109 Å². The molecule has 3 atom stereocenters. The predicted octanol–water partition coefficient (Wildman–Crippen LogP) is 14.6. The van der Waals surface area contributed by atoms with E-state index in [1.807, 2.05) is 33.3 Å². The number of esters is 1. The van der Waals surface area contributed by atoms with E-state index < -0.39 is 26.6 Å². The molecule has 0 aromatic heterocycles. The Morgan fingerprint density at radius 1 is 0.540 bits per heavy atom. The number of hydrogen-bond donors (Lipinski definition) is 1. The fourth-order valence-corrected chi connectivity index (χ4v) is 8.10. The second-order valence-corrected chi connectivity index (χ2v) is 20.4. The summed E-state index contributed by atoms with van der Waals surface area (Å²) >= 11 is 0. The van der Waals surface area contributed by atoms with E-state index >= 15 is 0 Å². The van der Waals surface area contributed by atoms with Gasteiger partial charge in [-0.2, -0.15) is 0 Å². The number of rotatable bonds is 47. The lowest BCUT2D eigenvalue weighted by atomic mass is 10.1. The Bertz CT molecular complexity index is 1180. The first kappa shape index (κ1) is 61.2. The summed E-state index contributed by atoms with van der Waals surface area (Å²) in [5.74, 6) is -0.556. The van der Waals surface area contributed by atoms with Gasteiger partial charge in [0.2, 0.25) is 5.91 Å². The second-order valence-electron chi connectivity index (χ2n) is 19.0. The van der Waals surface area contributed by atoms with Gasteiger partial charge in [0, 0.05) is 12.8 Å². The van der Waals surface area contributed by atoms with Crippen molar-refractivity contribution < 1.29 is 37.3 Å². The largest absolute Gasteiger partial charge is 0.756 e. The number of nitrogens with one attached hydrogen (secondary N) is 1. The fraction of sp³-hybridized carbons (Fsp3) is 0.849. The maximum absolute atomic E-state index is 13.4. The molecule has 0 rings (SSSR count). The number of phosphoric acid groups is 1. The van der Waals surface area contributed by atoms with Crippen LogP contribution in [0.25, 0.3) is 0 Å². The molecule has 370 valence electrons. The summed E-state index contributed by atoms with van der Waals surface area (Å²) in [7, 11) is 1.18. The number of quaternary nitrogens is 1. The van der Waals surface area contributed by atoms with Crippen LogP contribution in [0.15, 0.2) is 36.5 Å². The predicted molar refractivity (Wildman–Crippen MR) is 266 cm³/mol. The van der Waals surface area contributed by atoms with Crippen LogP contribution in [0.2, 0.25) is 0 Å². The molecule has 0 aromatic rings. The fourth-order valence-electron chi connectivity index (χ4n) is 7.38. The van der Waals surface area contributed by atoms with Crippen LogP contribution in [0.4, 0.5) is 0 Å². The molecule has 0 aliphatic rings. The molecule has 0 aromatic carbocycles. The summed E-state index contributed by atoms with van der Waals surface area (Å²) in [5, 5.41) is 3.00. The van der Waals surface area contributed by atoms with E-state index in [4.69, 9.17) is 13.8 Å². The Labute approximate surface area is 389 Å². The molecular weight excluding hydrogens is 808 g/mol. The Hall–Kier alpha value is -1.77. The van der Waals surface area contributed by atoms with E-state index in [-0.39, 0.29) is 24.9 Å². The van der Waals surface area contributed by atoms with Crippen molar-refractivity contribution in [2.75, 3.05) is 40.9 Å². The molecule has 0 fully saturated rings. The first-order valence-electron chi connectivity index (χ1n) is 26.3. The number of carbonyl (C=O) groups is 2. The summed E-state index contributed by atoms with van der Waals surface area (Å²) in [6, 6.07) is -0.888. The van der Waals surface area contributed by atoms with Crippen LogP contribution in [0.3, 0.4) is 0 Å². The highest BCUT2D eigenvalue weighted by Gasteiger charge is 2.27. The highest BCUT2D eigenvalue weighted by molar-refractivity contribution is 7.45. The standard InChI is InChI=1S/C53H101N2O7P/c1-7-10-13-16-19-22-25-26-27-28-31-33-36-39-42-45-52(56)54-50(49-61-63(58,59)60-48-47-55(4,5)6)51(44-41-38-35-32-29-23-20-17-14-11-8-2)62-53(57)46-43-40-37-34-30-24-21-18-15-12-9-3/h18,21-22,25,41,44,50-51H,7-17,19-20,23-24,26-40,42-43,45-49H2,1-6H3,(H-,54,56,58,59)/b21-18-,25-22-,44-41-. The average molecular weight is 909 g/mol. The molecule has 63 heavy (non-hydrogen) atoms. The maximum atomic E-state index is 13.4.